The Kier molecular flexibility index (Phi) is 8.73. The maximum absolute atomic E-state index is 9.96. The van der Waals surface area contributed by atoms with Crippen molar-refractivity contribution in [2.75, 3.05) is 6.54 Å². The van der Waals surface area contributed by atoms with Gasteiger partial charge in [0.15, 0.2) is 0 Å². The van der Waals surface area contributed by atoms with E-state index < -0.39 is 0 Å². The summed E-state index contributed by atoms with van der Waals surface area (Å²) in [6, 6.07) is 0. The number of aldehydes is 1. The minimum Gasteiger partial charge on any atom is -0.391 e. The first-order valence-corrected chi connectivity index (χ1v) is 5.18. The summed E-state index contributed by atoms with van der Waals surface area (Å²) in [6.07, 6.45) is 9.07. The highest BCUT2D eigenvalue weighted by molar-refractivity contribution is 5.64. The Bertz CT molecular complexity index is 143. The number of allylic oxidation sites excluding steroid dienone is 1. The van der Waals surface area contributed by atoms with Crippen molar-refractivity contribution in [3.05, 3.63) is 12.3 Å². The fourth-order valence-corrected chi connectivity index (χ4v) is 1.29. The zero-order valence-corrected chi connectivity index (χ0v) is 8.75. The lowest BCUT2D eigenvalue weighted by Crippen LogP contribution is -2.17. The molecule has 0 aliphatic rings. The van der Waals surface area contributed by atoms with Gasteiger partial charge in [0, 0.05) is 6.54 Å². The van der Waals surface area contributed by atoms with Crippen molar-refractivity contribution in [1.29, 1.82) is 0 Å². The Morgan fingerprint density at radius 2 is 2.15 bits per heavy atom. The number of unbranched alkanes of at least 4 members (excludes halogenated alkanes) is 1. The second-order valence-electron chi connectivity index (χ2n) is 3.32. The highest BCUT2D eigenvalue weighted by Gasteiger charge is 2.03. The molecule has 1 unspecified atom stereocenters. The molecule has 0 fully saturated rings. The van der Waals surface area contributed by atoms with Crippen LogP contribution in [0.15, 0.2) is 12.3 Å². The lowest BCUT2D eigenvalue weighted by atomic mass is 9.99. The van der Waals surface area contributed by atoms with Crippen LogP contribution in [0.25, 0.3) is 0 Å². The molecule has 0 bridgehead atoms. The number of carbonyl (C=O) groups excluding carboxylic acids is 1. The molecule has 13 heavy (non-hydrogen) atoms. The monoisotopic (exact) mass is 183 g/mol. The maximum Gasteiger partial charge on any atom is 0.144 e. The van der Waals surface area contributed by atoms with E-state index in [0.29, 0.717) is 0 Å². The van der Waals surface area contributed by atoms with E-state index in [4.69, 9.17) is 0 Å². The maximum atomic E-state index is 9.96. The third-order valence-corrected chi connectivity index (χ3v) is 2.24. The van der Waals surface area contributed by atoms with E-state index in [-0.39, 0.29) is 0 Å². The molecule has 0 amide bonds. The van der Waals surface area contributed by atoms with Gasteiger partial charge in [-0.05, 0) is 24.6 Å². The quantitative estimate of drug-likeness (QED) is 0.463. The minimum absolute atomic E-state index is 0.747. The highest BCUT2D eigenvalue weighted by atomic mass is 16.1. The molecule has 0 aliphatic heterocycles. The molecular weight excluding hydrogens is 162 g/mol. The average Bonchev–Trinajstić information content (AvgIpc) is 2.17. The van der Waals surface area contributed by atoms with Crippen LogP contribution in [0, 0.1) is 5.92 Å². The van der Waals surface area contributed by atoms with Crippen LogP contribution in [0.4, 0.5) is 0 Å². The largest absolute Gasteiger partial charge is 0.391 e. The summed E-state index contributed by atoms with van der Waals surface area (Å²) in [5, 5.41) is 3.13. The third kappa shape index (κ3) is 7.57. The zero-order chi connectivity index (χ0) is 9.94. The number of hydrogen-bond acceptors (Lipinski definition) is 2. The Hall–Kier alpha value is -0.790. The van der Waals surface area contributed by atoms with Gasteiger partial charge in [0.2, 0.25) is 0 Å². The third-order valence-electron chi connectivity index (χ3n) is 2.24. The number of hydrogen-bond donors (Lipinski definition) is 1. The van der Waals surface area contributed by atoms with Crippen molar-refractivity contribution in [3.63, 3.8) is 0 Å². The van der Waals surface area contributed by atoms with Crippen LogP contribution in [0.2, 0.25) is 0 Å². The molecule has 1 atom stereocenters. The van der Waals surface area contributed by atoms with Crippen LogP contribution in [0.3, 0.4) is 0 Å². The van der Waals surface area contributed by atoms with Crippen molar-refractivity contribution in [1.82, 2.24) is 5.32 Å². The molecule has 0 aromatic heterocycles. The summed E-state index contributed by atoms with van der Waals surface area (Å²) in [6.45, 7) is 5.42. The molecule has 1 N–H and O–H groups in total. The van der Waals surface area contributed by atoms with Gasteiger partial charge in [-0.15, -0.1) is 0 Å². The summed E-state index contributed by atoms with van der Waals surface area (Å²) in [5.74, 6) is 0.747. The lowest BCUT2D eigenvalue weighted by Gasteiger charge is -2.13. The first-order valence-electron chi connectivity index (χ1n) is 5.18. The molecule has 0 aromatic rings. The van der Waals surface area contributed by atoms with E-state index in [1.165, 1.54) is 31.8 Å². The van der Waals surface area contributed by atoms with Crippen LogP contribution in [-0.2, 0) is 4.79 Å². The number of rotatable bonds is 8. The molecule has 0 saturated heterocycles. The second-order valence-corrected chi connectivity index (χ2v) is 3.32. The van der Waals surface area contributed by atoms with Crippen molar-refractivity contribution in [3.8, 4) is 0 Å². The molecular formula is C11H21NO. The van der Waals surface area contributed by atoms with E-state index in [0.717, 1.165) is 18.7 Å². The van der Waals surface area contributed by atoms with Crippen LogP contribution in [0.5, 0.6) is 0 Å². The summed E-state index contributed by atoms with van der Waals surface area (Å²) >= 11 is 0. The van der Waals surface area contributed by atoms with Crippen molar-refractivity contribution < 1.29 is 4.79 Å². The van der Waals surface area contributed by atoms with E-state index in [1.807, 2.05) is 0 Å². The van der Waals surface area contributed by atoms with E-state index in [1.54, 1.807) is 6.20 Å². The summed E-state index contributed by atoms with van der Waals surface area (Å²) in [5.41, 5.74) is 0. The van der Waals surface area contributed by atoms with Crippen molar-refractivity contribution >= 4 is 6.29 Å². The molecule has 0 spiro atoms. The number of carbonyl (C=O) groups is 1. The lowest BCUT2D eigenvalue weighted by molar-refractivity contribution is -0.104. The highest BCUT2D eigenvalue weighted by Crippen LogP contribution is 2.10. The van der Waals surface area contributed by atoms with Gasteiger partial charge < -0.3 is 5.32 Å². The minimum atomic E-state index is 0.747. The zero-order valence-electron chi connectivity index (χ0n) is 8.75. The average molecular weight is 183 g/mol. The molecule has 0 rings (SSSR count). The predicted molar refractivity (Wildman–Crippen MR) is 56.5 cm³/mol. The van der Waals surface area contributed by atoms with Crippen LogP contribution >= 0.6 is 0 Å². The van der Waals surface area contributed by atoms with Gasteiger partial charge in [0.25, 0.3) is 0 Å². The Labute approximate surface area is 81.4 Å². The molecule has 0 heterocycles. The van der Waals surface area contributed by atoms with Gasteiger partial charge in [-0.1, -0.05) is 33.1 Å². The van der Waals surface area contributed by atoms with E-state index in [9.17, 15) is 4.79 Å². The fourth-order valence-electron chi connectivity index (χ4n) is 1.29. The van der Waals surface area contributed by atoms with Gasteiger partial charge in [0.05, 0.1) is 0 Å². The number of nitrogens with one attached hydrogen (secondary N) is 1. The first-order chi connectivity index (χ1) is 6.35. The molecule has 76 valence electrons. The molecule has 2 nitrogen and oxygen atoms in total. The van der Waals surface area contributed by atoms with Gasteiger partial charge in [-0.25, -0.2) is 0 Å². The molecule has 0 saturated carbocycles. The molecule has 0 radical (unpaired) electrons. The van der Waals surface area contributed by atoms with Gasteiger partial charge in [-0.2, -0.15) is 0 Å². The predicted octanol–water partition coefficient (Wildman–Crippen LogP) is 2.51. The van der Waals surface area contributed by atoms with Crippen LogP contribution in [0.1, 0.15) is 39.5 Å². The Balaban J connectivity index is 3.46. The van der Waals surface area contributed by atoms with E-state index >= 15 is 0 Å². The second kappa shape index (κ2) is 9.30. The topological polar surface area (TPSA) is 29.1 Å². The molecule has 0 aliphatic carbocycles. The van der Waals surface area contributed by atoms with Gasteiger partial charge in [-0.3, -0.25) is 4.79 Å². The summed E-state index contributed by atoms with van der Waals surface area (Å²) < 4.78 is 0. The smallest absolute Gasteiger partial charge is 0.144 e. The van der Waals surface area contributed by atoms with Crippen molar-refractivity contribution in [2.45, 2.75) is 39.5 Å². The molecule has 2 heteroatoms. The normalized spacial score (nSPS) is 13.1. The van der Waals surface area contributed by atoms with Crippen molar-refractivity contribution in [2.24, 2.45) is 5.92 Å². The van der Waals surface area contributed by atoms with Gasteiger partial charge >= 0.3 is 0 Å². The Morgan fingerprint density at radius 3 is 2.69 bits per heavy atom. The fraction of sp³-hybridized carbons (Fsp3) is 0.727. The van der Waals surface area contributed by atoms with Crippen LogP contribution < -0.4 is 5.32 Å². The summed E-state index contributed by atoms with van der Waals surface area (Å²) in [4.78, 5) is 9.96. The molecule has 0 aromatic carbocycles. The Morgan fingerprint density at radius 1 is 1.38 bits per heavy atom. The SMILES string of the molecule is CCCCC(CC)CN/C=C/C=O. The standard InChI is InChI=1S/C11H21NO/c1-3-5-7-11(4-2)10-12-8-6-9-13/h6,8-9,11-12H,3-5,7,10H2,1-2H3/b8-6+. The first kappa shape index (κ1) is 12.2. The van der Waals surface area contributed by atoms with Gasteiger partial charge in [0.1, 0.15) is 6.29 Å². The van der Waals surface area contributed by atoms with Crippen LogP contribution in [-0.4, -0.2) is 12.8 Å². The summed E-state index contributed by atoms with van der Waals surface area (Å²) in [7, 11) is 0. The van der Waals surface area contributed by atoms with E-state index in [2.05, 4.69) is 19.2 Å².